The van der Waals surface area contributed by atoms with E-state index >= 15 is 0 Å². The maximum atomic E-state index is 13.1. The van der Waals surface area contributed by atoms with Gasteiger partial charge < -0.3 is 15.4 Å². The molecule has 3 aromatic rings. The summed E-state index contributed by atoms with van der Waals surface area (Å²) >= 11 is 1.39. The van der Waals surface area contributed by atoms with Crippen molar-refractivity contribution in [1.82, 2.24) is 9.80 Å². The minimum Gasteiger partial charge on any atom is -0.370 e. The minimum atomic E-state index is -0.446. The molecule has 2 aliphatic heterocycles. The average Bonchev–Trinajstić information content (AvgIpc) is 3.16. The molecule has 1 aromatic heterocycles. The molecule has 160 valence electrons. The first kappa shape index (κ1) is 20.2. The smallest absolute Gasteiger partial charge is 0.259 e. The average molecular weight is 436 g/mol. The zero-order valence-electron chi connectivity index (χ0n) is 17.2. The Balaban J connectivity index is 1.27. The number of primary amides is 1. The van der Waals surface area contributed by atoms with Crippen LogP contribution in [0.25, 0.3) is 10.1 Å². The summed E-state index contributed by atoms with van der Waals surface area (Å²) in [5.74, 6) is -0.242. The van der Waals surface area contributed by atoms with Crippen molar-refractivity contribution in [2.24, 2.45) is 11.7 Å². The highest BCUT2D eigenvalue weighted by Crippen LogP contribution is 2.38. The van der Waals surface area contributed by atoms with Gasteiger partial charge in [-0.1, -0.05) is 48.5 Å². The van der Waals surface area contributed by atoms with Gasteiger partial charge >= 0.3 is 0 Å². The second kappa shape index (κ2) is 8.42. The van der Waals surface area contributed by atoms with Crippen molar-refractivity contribution in [3.63, 3.8) is 0 Å². The molecule has 0 radical (unpaired) electrons. The molecule has 2 aromatic carbocycles. The van der Waals surface area contributed by atoms with Crippen molar-refractivity contribution < 1.29 is 14.3 Å². The van der Waals surface area contributed by atoms with Crippen molar-refractivity contribution in [2.45, 2.75) is 12.6 Å². The van der Waals surface area contributed by atoms with E-state index in [-0.39, 0.29) is 17.9 Å². The number of benzene rings is 2. The van der Waals surface area contributed by atoms with Crippen LogP contribution in [0.15, 0.2) is 54.6 Å². The molecule has 5 rings (SSSR count). The number of likely N-dealkylation sites (tertiary alicyclic amines) is 1. The van der Waals surface area contributed by atoms with E-state index in [0.29, 0.717) is 24.6 Å². The number of amides is 2. The highest BCUT2D eigenvalue weighted by molar-refractivity contribution is 7.21. The Kier molecular flexibility index (Phi) is 5.48. The fourth-order valence-corrected chi connectivity index (χ4v) is 5.65. The lowest BCUT2D eigenvalue weighted by Crippen LogP contribution is -2.56. The molecule has 2 N–H and O–H groups in total. The van der Waals surface area contributed by atoms with Crippen molar-refractivity contribution in [3.8, 4) is 0 Å². The van der Waals surface area contributed by atoms with Gasteiger partial charge in [-0.3, -0.25) is 14.5 Å². The molecule has 2 fully saturated rings. The van der Waals surface area contributed by atoms with Gasteiger partial charge in [0.1, 0.15) is 6.10 Å². The molecular weight excluding hydrogens is 410 g/mol. The Labute approximate surface area is 185 Å². The second-order valence-corrected chi connectivity index (χ2v) is 9.28. The first-order valence-corrected chi connectivity index (χ1v) is 11.4. The lowest BCUT2D eigenvalue weighted by Gasteiger charge is -2.42. The van der Waals surface area contributed by atoms with E-state index in [0.717, 1.165) is 35.3 Å². The molecule has 2 saturated heterocycles. The summed E-state index contributed by atoms with van der Waals surface area (Å²) in [6, 6.07) is 18.2. The van der Waals surface area contributed by atoms with Gasteiger partial charge in [-0.25, -0.2) is 0 Å². The first-order chi connectivity index (χ1) is 15.1. The van der Waals surface area contributed by atoms with Gasteiger partial charge in [-0.15, -0.1) is 11.3 Å². The first-order valence-electron chi connectivity index (χ1n) is 10.6. The Hall–Kier alpha value is -2.74. The lowest BCUT2D eigenvalue weighted by molar-refractivity contribution is -0.149. The van der Waals surface area contributed by atoms with Crippen LogP contribution in [0.1, 0.15) is 26.9 Å². The monoisotopic (exact) mass is 435 g/mol. The molecule has 3 heterocycles. The maximum absolute atomic E-state index is 13.1. The number of ether oxygens (including phenoxy) is 1. The topological polar surface area (TPSA) is 75.9 Å². The van der Waals surface area contributed by atoms with Gasteiger partial charge in [-0.2, -0.15) is 0 Å². The highest BCUT2D eigenvalue weighted by Gasteiger charge is 2.38. The quantitative estimate of drug-likeness (QED) is 0.668. The Bertz CT molecular complexity index is 1110. The third-order valence-electron chi connectivity index (χ3n) is 6.11. The van der Waals surface area contributed by atoms with E-state index in [2.05, 4.69) is 17.0 Å². The van der Waals surface area contributed by atoms with Crippen LogP contribution in [-0.4, -0.2) is 54.4 Å². The number of hydrogen-bond acceptors (Lipinski definition) is 5. The van der Waals surface area contributed by atoms with E-state index in [1.165, 1.54) is 16.9 Å². The van der Waals surface area contributed by atoms with E-state index in [4.69, 9.17) is 10.5 Å². The van der Waals surface area contributed by atoms with Gasteiger partial charge in [0, 0.05) is 36.4 Å². The van der Waals surface area contributed by atoms with Crippen LogP contribution in [0.2, 0.25) is 0 Å². The predicted octanol–water partition coefficient (Wildman–Crippen LogP) is 3.03. The fourth-order valence-electron chi connectivity index (χ4n) is 4.55. The Morgan fingerprint density at radius 3 is 2.55 bits per heavy atom. The molecule has 0 aliphatic carbocycles. The number of thiophene rings is 1. The van der Waals surface area contributed by atoms with Gasteiger partial charge in [0.15, 0.2) is 0 Å². The van der Waals surface area contributed by atoms with Crippen molar-refractivity contribution in [2.75, 3.05) is 32.8 Å². The molecule has 6 nitrogen and oxygen atoms in total. The number of fused-ring (bicyclic) bond motifs is 1. The summed E-state index contributed by atoms with van der Waals surface area (Å²) in [5.41, 5.74) is 7.76. The van der Waals surface area contributed by atoms with Crippen LogP contribution in [-0.2, 0) is 16.1 Å². The van der Waals surface area contributed by atoms with Gasteiger partial charge in [0.2, 0.25) is 5.91 Å². The summed E-state index contributed by atoms with van der Waals surface area (Å²) < 4.78 is 7.04. The van der Waals surface area contributed by atoms with Crippen LogP contribution in [0.3, 0.4) is 0 Å². The van der Waals surface area contributed by atoms with E-state index in [9.17, 15) is 9.59 Å². The Morgan fingerprint density at radius 1 is 1.03 bits per heavy atom. The maximum Gasteiger partial charge on any atom is 0.259 e. The van der Waals surface area contributed by atoms with Crippen LogP contribution in [0.4, 0.5) is 0 Å². The number of nitrogens with two attached hydrogens (primary N) is 1. The lowest BCUT2D eigenvalue weighted by atomic mass is 9.96. The molecule has 0 saturated carbocycles. The molecule has 0 unspecified atom stereocenters. The summed E-state index contributed by atoms with van der Waals surface area (Å²) in [6.45, 7) is 3.93. The van der Waals surface area contributed by atoms with Crippen LogP contribution in [0.5, 0.6) is 0 Å². The van der Waals surface area contributed by atoms with E-state index in [1.807, 2.05) is 47.4 Å². The van der Waals surface area contributed by atoms with Gasteiger partial charge in [0.25, 0.3) is 5.91 Å². The predicted molar refractivity (Wildman–Crippen MR) is 121 cm³/mol. The number of carbonyl (C=O) groups excluding carboxylic acids is 2. The largest absolute Gasteiger partial charge is 0.370 e. The zero-order valence-corrected chi connectivity index (χ0v) is 18.0. The van der Waals surface area contributed by atoms with Crippen LogP contribution < -0.4 is 5.73 Å². The van der Waals surface area contributed by atoms with E-state index in [1.54, 1.807) is 0 Å². The number of nitrogens with zero attached hydrogens (tertiary/aromatic N) is 2. The standard InChI is InChI=1S/C24H25N3O3S/c25-23(28)22-21(18-8-4-5-9-20(18)31-22)19-15-27(10-11-30-19)24(29)17-13-26(14-17)12-16-6-2-1-3-7-16/h1-9,17,19H,10-15H2,(H2,25,28)/t19-/m0/s1. The Morgan fingerprint density at radius 2 is 1.77 bits per heavy atom. The molecule has 2 aliphatic rings. The normalized spacial score (nSPS) is 20.0. The van der Waals surface area contributed by atoms with Crippen molar-refractivity contribution in [3.05, 3.63) is 70.6 Å². The third-order valence-corrected chi connectivity index (χ3v) is 7.31. The summed E-state index contributed by atoms with van der Waals surface area (Å²) in [7, 11) is 0. The molecule has 1 atom stereocenters. The number of morpholine rings is 1. The molecular formula is C24H25N3O3S. The summed E-state index contributed by atoms with van der Waals surface area (Å²) in [5, 5.41) is 0.985. The van der Waals surface area contributed by atoms with Gasteiger partial charge in [0.05, 0.1) is 23.9 Å². The SMILES string of the molecule is NC(=O)c1sc2ccccc2c1[C@@H]1CN(C(=O)C2CN(Cc3ccccc3)C2)CCO1. The molecule has 7 heteroatoms. The van der Waals surface area contributed by atoms with Gasteiger partial charge in [-0.05, 0) is 17.0 Å². The molecule has 0 bridgehead atoms. The fraction of sp³-hybridized carbons (Fsp3) is 0.333. The zero-order chi connectivity index (χ0) is 21.4. The minimum absolute atomic E-state index is 0.0253. The molecule has 2 amide bonds. The number of rotatable bonds is 5. The molecule has 31 heavy (non-hydrogen) atoms. The number of hydrogen-bond donors (Lipinski definition) is 1. The molecule has 0 spiro atoms. The number of carbonyl (C=O) groups is 2. The van der Waals surface area contributed by atoms with Crippen LogP contribution >= 0.6 is 11.3 Å². The van der Waals surface area contributed by atoms with E-state index < -0.39 is 5.91 Å². The second-order valence-electron chi connectivity index (χ2n) is 8.23. The van der Waals surface area contributed by atoms with Crippen molar-refractivity contribution >= 4 is 33.2 Å². The third kappa shape index (κ3) is 3.96. The van der Waals surface area contributed by atoms with Crippen molar-refractivity contribution in [1.29, 1.82) is 0 Å². The summed E-state index contributed by atoms with van der Waals surface area (Å²) in [6.07, 6.45) is -0.336. The van der Waals surface area contributed by atoms with Crippen LogP contribution in [0, 0.1) is 5.92 Å². The highest BCUT2D eigenvalue weighted by atomic mass is 32.1. The summed E-state index contributed by atoms with van der Waals surface area (Å²) in [4.78, 5) is 29.9.